The van der Waals surface area contributed by atoms with Crippen molar-refractivity contribution in [2.75, 3.05) is 13.7 Å². The quantitative estimate of drug-likeness (QED) is 0.420. The van der Waals surface area contributed by atoms with Crippen molar-refractivity contribution >= 4 is 39.4 Å². The lowest BCUT2D eigenvalue weighted by Crippen LogP contribution is -2.22. The molecule has 4 aromatic heterocycles. The van der Waals surface area contributed by atoms with E-state index in [1.54, 1.807) is 24.2 Å². The summed E-state index contributed by atoms with van der Waals surface area (Å²) in [5, 5.41) is 4.90. The Hall–Kier alpha value is -3.98. The average Bonchev–Trinajstić information content (AvgIpc) is 3.09. The molecule has 0 radical (unpaired) electrons. The highest BCUT2D eigenvalue weighted by molar-refractivity contribution is 6.04. The van der Waals surface area contributed by atoms with Crippen molar-refractivity contribution in [3.8, 4) is 0 Å². The van der Waals surface area contributed by atoms with Gasteiger partial charge in [0, 0.05) is 13.3 Å². The lowest BCUT2D eigenvalue weighted by molar-refractivity contribution is 0.186. The molecule has 1 aromatic carbocycles. The molecule has 148 valence electrons. The fourth-order valence-corrected chi connectivity index (χ4v) is 3.28. The number of aromatic nitrogens is 6. The van der Waals surface area contributed by atoms with E-state index in [4.69, 9.17) is 14.7 Å². The van der Waals surface area contributed by atoms with E-state index in [0.717, 1.165) is 0 Å². The van der Waals surface area contributed by atoms with Gasteiger partial charge in [-0.25, -0.2) is 15.0 Å². The molecule has 5 aromatic rings. The summed E-state index contributed by atoms with van der Waals surface area (Å²) in [5.74, 6) is 0. The average molecular weight is 399 g/mol. The number of fused-ring (bicyclic) bond motifs is 4. The SMILES string of the molecule is COCCn1cnc2c(c1=O)c1nc3ccccc3nc1n2N=Cc1ccccn1. The molecule has 0 aliphatic carbocycles. The van der Waals surface area contributed by atoms with Gasteiger partial charge in [-0.3, -0.25) is 14.3 Å². The zero-order valence-corrected chi connectivity index (χ0v) is 16.1. The molecule has 0 saturated carbocycles. The normalized spacial score (nSPS) is 11.9. The zero-order chi connectivity index (χ0) is 20.5. The molecule has 0 aliphatic rings. The molecule has 0 saturated heterocycles. The zero-order valence-electron chi connectivity index (χ0n) is 16.1. The summed E-state index contributed by atoms with van der Waals surface area (Å²) in [5.41, 5.74) is 3.20. The Morgan fingerprint density at radius 1 is 1.03 bits per heavy atom. The van der Waals surface area contributed by atoms with Gasteiger partial charge in [-0.15, -0.1) is 0 Å². The van der Waals surface area contributed by atoms with Crippen LogP contribution in [0, 0.1) is 0 Å². The van der Waals surface area contributed by atoms with E-state index in [1.165, 1.54) is 10.9 Å². The van der Waals surface area contributed by atoms with Gasteiger partial charge in [0.2, 0.25) is 0 Å². The minimum Gasteiger partial charge on any atom is -0.383 e. The van der Waals surface area contributed by atoms with E-state index in [1.807, 2.05) is 42.5 Å². The molecule has 0 fully saturated rings. The Bertz CT molecular complexity index is 1460. The molecule has 0 aliphatic heterocycles. The summed E-state index contributed by atoms with van der Waals surface area (Å²) >= 11 is 0. The number of hydrogen-bond acceptors (Lipinski definition) is 7. The van der Waals surface area contributed by atoms with E-state index in [9.17, 15) is 4.79 Å². The number of nitrogens with zero attached hydrogens (tertiary/aromatic N) is 7. The van der Waals surface area contributed by atoms with E-state index in [-0.39, 0.29) is 5.56 Å². The van der Waals surface area contributed by atoms with Gasteiger partial charge in [-0.1, -0.05) is 18.2 Å². The van der Waals surface area contributed by atoms with Crippen molar-refractivity contribution in [1.29, 1.82) is 0 Å². The van der Waals surface area contributed by atoms with Gasteiger partial charge in [0.15, 0.2) is 11.3 Å². The van der Waals surface area contributed by atoms with Crippen molar-refractivity contribution in [1.82, 2.24) is 29.2 Å². The summed E-state index contributed by atoms with van der Waals surface area (Å²) in [7, 11) is 1.59. The number of hydrogen-bond donors (Lipinski definition) is 0. The predicted molar refractivity (Wildman–Crippen MR) is 114 cm³/mol. The Morgan fingerprint density at radius 3 is 2.60 bits per heavy atom. The minimum absolute atomic E-state index is 0.210. The molecule has 0 N–H and O–H groups in total. The summed E-state index contributed by atoms with van der Waals surface area (Å²) in [6.45, 7) is 0.793. The monoisotopic (exact) mass is 399 g/mol. The Kier molecular flexibility index (Phi) is 4.49. The van der Waals surface area contributed by atoms with E-state index >= 15 is 0 Å². The summed E-state index contributed by atoms with van der Waals surface area (Å²) < 4.78 is 8.15. The van der Waals surface area contributed by atoms with Crippen LogP contribution in [0.25, 0.3) is 33.2 Å². The van der Waals surface area contributed by atoms with Crippen molar-refractivity contribution in [3.05, 3.63) is 71.0 Å². The van der Waals surface area contributed by atoms with Crippen LogP contribution in [-0.4, -0.2) is 49.1 Å². The highest BCUT2D eigenvalue weighted by atomic mass is 16.5. The third-order valence-electron chi connectivity index (χ3n) is 4.74. The van der Waals surface area contributed by atoms with Gasteiger partial charge in [0.05, 0.1) is 36.1 Å². The van der Waals surface area contributed by atoms with Gasteiger partial charge in [0.1, 0.15) is 17.2 Å². The first-order valence-corrected chi connectivity index (χ1v) is 9.37. The molecule has 5 rings (SSSR count). The molecular formula is C21H17N7O2. The van der Waals surface area contributed by atoms with Crippen LogP contribution in [0.3, 0.4) is 0 Å². The minimum atomic E-state index is -0.210. The third kappa shape index (κ3) is 3.01. The fraction of sp³-hybridized carbons (Fsp3) is 0.143. The maximum Gasteiger partial charge on any atom is 0.265 e. The third-order valence-corrected chi connectivity index (χ3v) is 4.74. The molecule has 0 unspecified atom stereocenters. The van der Waals surface area contributed by atoms with Crippen LogP contribution in [0.5, 0.6) is 0 Å². The van der Waals surface area contributed by atoms with Crippen molar-refractivity contribution < 1.29 is 4.74 Å². The molecule has 0 amide bonds. The molecule has 0 bridgehead atoms. The van der Waals surface area contributed by atoms with Gasteiger partial charge in [0.25, 0.3) is 5.56 Å². The smallest absolute Gasteiger partial charge is 0.265 e. The first-order valence-electron chi connectivity index (χ1n) is 9.37. The van der Waals surface area contributed by atoms with Crippen molar-refractivity contribution in [2.24, 2.45) is 5.10 Å². The lowest BCUT2D eigenvalue weighted by atomic mass is 10.3. The highest BCUT2D eigenvalue weighted by Crippen LogP contribution is 2.24. The maximum absolute atomic E-state index is 13.2. The summed E-state index contributed by atoms with van der Waals surface area (Å²) in [4.78, 5) is 31.4. The van der Waals surface area contributed by atoms with Crippen LogP contribution < -0.4 is 5.56 Å². The fourth-order valence-electron chi connectivity index (χ4n) is 3.28. The molecule has 4 heterocycles. The topological polar surface area (TPSA) is 100 Å². The van der Waals surface area contributed by atoms with Gasteiger partial charge in [-0.2, -0.15) is 9.78 Å². The predicted octanol–water partition coefficient (Wildman–Crippen LogP) is 2.22. The first kappa shape index (κ1) is 18.1. The van der Waals surface area contributed by atoms with Crippen LogP contribution in [0.4, 0.5) is 0 Å². The Balaban J connectivity index is 1.82. The van der Waals surface area contributed by atoms with Crippen LogP contribution in [0.15, 0.2) is 64.9 Å². The summed E-state index contributed by atoms with van der Waals surface area (Å²) in [6, 6.07) is 13.1. The number of para-hydroxylation sites is 2. The molecule has 9 nitrogen and oxygen atoms in total. The van der Waals surface area contributed by atoms with Crippen LogP contribution in [0.2, 0.25) is 0 Å². The number of pyridine rings is 1. The van der Waals surface area contributed by atoms with Crippen LogP contribution in [-0.2, 0) is 11.3 Å². The summed E-state index contributed by atoms with van der Waals surface area (Å²) in [6.07, 6.45) is 4.79. The second-order valence-electron chi connectivity index (χ2n) is 6.63. The first-order chi connectivity index (χ1) is 14.8. The van der Waals surface area contributed by atoms with Gasteiger partial charge in [-0.05, 0) is 24.3 Å². The lowest BCUT2D eigenvalue weighted by Gasteiger charge is -2.04. The highest BCUT2D eigenvalue weighted by Gasteiger charge is 2.19. The second-order valence-corrected chi connectivity index (χ2v) is 6.63. The molecular weight excluding hydrogens is 382 g/mol. The van der Waals surface area contributed by atoms with Crippen LogP contribution >= 0.6 is 0 Å². The molecule has 9 heteroatoms. The molecule has 0 spiro atoms. The van der Waals surface area contributed by atoms with Crippen molar-refractivity contribution in [3.63, 3.8) is 0 Å². The largest absolute Gasteiger partial charge is 0.383 e. The van der Waals surface area contributed by atoms with Crippen molar-refractivity contribution in [2.45, 2.75) is 6.54 Å². The Labute approximate surface area is 170 Å². The van der Waals surface area contributed by atoms with E-state index < -0.39 is 0 Å². The van der Waals surface area contributed by atoms with E-state index in [0.29, 0.717) is 52.1 Å². The maximum atomic E-state index is 13.2. The standard InChI is InChI=1S/C21H17N7O2/c1-30-11-10-27-13-23-19-17(21(27)29)18-20(26-16-8-3-2-7-15(16)25-18)28(19)24-12-14-6-4-5-9-22-14/h2-9,12-13H,10-11H2,1H3. The second kappa shape index (κ2) is 7.45. The van der Waals surface area contributed by atoms with E-state index in [2.05, 4.69) is 15.1 Å². The number of rotatable bonds is 5. The van der Waals surface area contributed by atoms with Gasteiger partial charge < -0.3 is 4.74 Å². The van der Waals surface area contributed by atoms with Crippen LogP contribution in [0.1, 0.15) is 5.69 Å². The van der Waals surface area contributed by atoms with Gasteiger partial charge >= 0.3 is 0 Å². The molecule has 30 heavy (non-hydrogen) atoms. The number of methoxy groups -OCH3 is 1. The number of benzene rings is 1. The number of ether oxygens (including phenoxy) is 1. The Morgan fingerprint density at radius 2 is 1.83 bits per heavy atom. The molecule has 0 atom stereocenters.